The lowest BCUT2D eigenvalue weighted by molar-refractivity contribution is 0.272. The molecular weight excluding hydrogens is 370 g/mol. The molecule has 0 amide bonds. The number of methoxy groups -OCH3 is 1. The molecule has 2 aromatic carbocycles. The molecule has 6 heteroatoms. The highest BCUT2D eigenvalue weighted by molar-refractivity contribution is 7.89. The van der Waals surface area contributed by atoms with Crippen molar-refractivity contribution in [3.05, 3.63) is 58.6 Å². The maximum Gasteiger partial charge on any atom is 0.246 e. The molecule has 0 unspecified atom stereocenters. The van der Waals surface area contributed by atoms with Crippen molar-refractivity contribution in [3.8, 4) is 5.75 Å². The Bertz CT molecular complexity index is 860. The van der Waals surface area contributed by atoms with Crippen molar-refractivity contribution < 1.29 is 13.2 Å². The Kier molecular flexibility index (Phi) is 5.90. The number of halogens is 1. The van der Waals surface area contributed by atoms with Gasteiger partial charge in [-0.2, -0.15) is 4.31 Å². The number of rotatable bonds is 5. The van der Waals surface area contributed by atoms with E-state index >= 15 is 0 Å². The monoisotopic (exact) mass is 393 g/mol. The Morgan fingerprint density at radius 3 is 2.42 bits per heavy atom. The molecule has 0 saturated carbocycles. The van der Waals surface area contributed by atoms with Crippen molar-refractivity contribution in [2.24, 2.45) is 5.92 Å². The van der Waals surface area contributed by atoms with E-state index < -0.39 is 10.0 Å². The highest BCUT2D eigenvalue weighted by Crippen LogP contribution is 2.34. The minimum atomic E-state index is -3.62. The van der Waals surface area contributed by atoms with Gasteiger partial charge in [0.25, 0.3) is 0 Å². The zero-order valence-electron chi connectivity index (χ0n) is 15.1. The number of hydrogen-bond acceptors (Lipinski definition) is 3. The van der Waals surface area contributed by atoms with E-state index in [4.69, 9.17) is 16.3 Å². The van der Waals surface area contributed by atoms with Gasteiger partial charge in [0.2, 0.25) is 10.0 Å². The van der Waals surface area contributed by atoms with Gasteiger partial charge in [-0.05, 0) is 55.4 Å². The first-order valence-electron chi connectivity index (χ1n) is 8.80. The van der Waals surface area contributed by atoms with Crippen molar-refractivity contribution in [3.63, 3.8) is 0 Å². The van der Waals surface area contributed by atoms with Gasteiger partial charge in [-0.25, -0.2) is 8.42 Å². The lowest BCUT2D eigenvalue weighted by Crippen LogP contribution is -2.39. The Morgan fingerprint density at radius 2 is 1.81 bits per heavy atom. The number of nitrogens with zero attached hydrogens (tertiary/aromatic N) is 1. The highest BCUT2D eigenvalue weighted by Gasteiger charge is 2.32. The molecule has 4 nitrogen and oxygen atoms in total. The standard InChI is InChI=1S/C20H24ClNO3S/c1-15-12-19(25-2)20(14-18(15)21)26(23,24)22-10-8-17(9-11-22)13-16-6-4-3-5-7-16/h3-7,12,14,17H,8-11,13H2,1-2H3. The first-order chi connectivity index (χ1) is 12.4. The largest absolute Gasteiger partial charge is 0.495 e. The summed E-state index contributed by atoms with van der Waals surface area (Å²) in [4.78, 5) is 0.150. The van der Waals surface area contributed by atoms with E-state index in [1.807, 2.05) is 25.1 Å². The third kappa shape index (κ3) is 4.05. The predicted molar refractivity (Wildman–Crippen MR) is 104 cm³/mol. The van der Waals surface area contributed by atoms with Gasteiger partial charge in [-0.3, -0.25) is 0 Å². The fraction of sp³-hybridized carbons (Fsp3) is 0.400. The van der Waals surface area contributed by atoms with E-state index in [-0.39, 0.29) is 4.90 Å². The van der Waals surface area contributed by atoms with Gasteiger partial charge in [0, 0.05) is 18.1 Å². The van der Waals surface area contributed by atoms with Crippen LogP contribution in [0.2, 0.25) is 5.02 Å². The summed E-state index contributed by atoms with van der Waals surface area (Å²) in [5.74, 6) is 0.852. The highest BCUT2D eigenvalue weighted by atomic mass is 35.5. The van der Waals surface area contributed by atoms with E-state index in [1.54, 1.807) is 10.4 Å². The molecule has 0 aromatic heterocycles. The first kappa shape index (κ1) is 19.2. The molecule has 140 valence electrons. The van der Waals surface area contributed by atoms with Gasteiger partial charge < -0.3 is 4.74 Å². The molecule has 26 heavy (non-hydrogen) atoms. The lowest BCUT2D eigenvalue weighted by Gasteiger charge is -2.31. The molecule has 1 heterocycles. The van der Waals surface area contributed by atoms with Gasteiger partial charge in [-0.15, -0.1) is 0 Å². The van der Waals surface area contributed by atoms with Crippen LogP contribution in [0.15, 0.2) is 47.4 Å². The topological polar surface area (TPSA) is 46.6 Å². The zero-order chi connectivity index (χ0) is 18.7. The van der Waals surface area contributed by atoms with Crippen molar-refractivity contribution >= 4 is 21.6 Å². The second kappa shape index (κ2) is 7.99. The van der Waals surface area contributed by atoms with Gasteiger partial charge in [-0.1, -0.05) is 41.9 Å². The Balaban J connectivity index is 1.73. The first-order valence-corrected chi connectivity index (χ1v) is 10.6. The summed E-state index contributed by atoms with van der Waals surface area (Å²) in [6.45, 7) is 2.87. The van der Waals surface area contributed by atoms with Crippen LogP contribution in [0.3, 0.4) is 0 Å². The molecule has 2 aromatic rings. The number of benzene rings is 2. The van der Waals surface area contributed by atoms with Crippen molar-refractivity contribution in [1.29, 1.82) is 0 Å². The average Bonchev–Trinajstić information content (AvgIpc) is 2.65. The van der Waals surface area contributed by atoms with Crippen molar-refractivity contribution in [2.45, 2.75) is 31.1 Å². The van der Waals surface area contributed by atoms with Crippen LogP contribution in [-0.2, 0) is 16.4 Å². The summed E-state index contributed by atoms with van der Waals surface area (Å²) >= 11 is 6.16. The van der Waals surface area contributed by atoms with Crippen LogP contribution >= 0.6 is 11.6 Å². The van der Waals surface area contributed by atoms with Crippen LogP contribution < -0.4 is 4.74 Å². The SMILES string of the molecule is COc1cc(C)c(Cl)cc1S(=O)(=O)N1CCC(Cc2ccccc2)CC1. The molecule has 1 saturated heterocycles. The van der Waals surface area contributed by atoms with Crippen LogP contribution in [0.1, 0.15) is 24.0 Å². The minimum Gasteiger partial charge on any atom is -0.495 e. The summed E-state index contributed by atoms with van der Waals surface area (Å²) in [7, 11) is -2.14. The molecule has 0 bridgehead atoms. The van der Waals surface area contributed by atoms with E-state index in [2.05, 4.69) is 12.1 Å². The van der Waals surface area contributed by atoms with Gasteiger partial charge in [0.1, 0.15) is 10.6 Å². The van der Waals surface area contributed by atoms with Crippen molar-refractivity contribution in [1.82, 2.24) is 4.31 Å². The van der Waals surface area contributed by atoms with Crippen LogP contribution in [-0.4, -0.2) is 32.9 Å². The summed E-state index contributed by atoms with van der Waals surface area (Å²) < 4.78 is 33.0. The summed E-state index contributed by atoms with van der Waals surface area (Å²) in [6, 6.07) is 13.5. The molecule has 0 atom stereocenters. The average molecular weight is 394 g/mol. The van der Waals surface area contributed by atoms with E-state index in [0.29, 0.717) is 29.8 Å². The third-order valence-corrected chi connectivity index (χ3v) is 7.33. The molecule has 0 N–H and O–H groups in total. The minimum absolute atomic E-state index is 0.150. The molecule has 1 aliphatic rings. The smallest absolute Gasteiger partial charge is 0.246 e. The fourth-order valence-electron chi connectivity index (χ4n) is 3.44. The number of ether oxygens (including phenoxy) is 1. The normalized spacial score (nSPS) is 16.6. The van der Waals surface area contributed by atoms with E-state index in [1.165, 1.54) is 18.7 Å². The summed E-state index contributed by atoms with van der Waals surface area (Å²) in [5, 5.41) is 0.434. The number of aryl methyl sites for hydroxylation is 1. The molecule has 1 aliphatic heterocycles. The van der Waals surface area contributed by atoms with Crippen molar-refractivity contribution in [2.75, 3.05) is 20.2 Å². The van der Waals surface area contributed by atoms with Gasteiger partial charge >= 0.3 is 0 Å². The molecule has 0 radical (unpaired) electrons. The number of sulfonamides is 1. The van der Waals surface area contributed by atoms with Crippen LogP contribution in [0.4, 0.5) is 0 Å². The second-order valence-electron chi connectivity index (χ2n) is 6.79. The molecule has 0 spiro atoms. The molecule has 1 fully saturated rings. The number of hydrogen-bond donors (Lipinski definition) is 0. The maximum atomic E-state index is 13.1. The summed E-state index contributed by atoms with van der Waals surface area (Å²) in [6.07, 6.45) is 2.71. The Hall–Kier alpha value is -1.56. The lowest BCUT2D eigenvalue weighted by atomic mass is 9.91. The second-order valence-corrected chi connectivity index (χ2v) is 9.10. The van der Waals surface area contributed by atoms with Crippen LogP contribution in [0.5, 0.6) is 5.75 Å². The van der Waals surface area contributed by atoms with Gasteiger partial charge in [0.15, 0.2) is 0 Å². The number of piperidine rings is 1. The fourth-order valence-corrected chi connectivity index (χ4v) is 5.30. The summed E-state index contributed by atoms with van der Waals surface area (Å²) in [5.41, 5.74) is 2.10. The van der Waals surface area contributed by atoms with E-state index in [9.17, 15) is 8.42 Å². The van der Waals surface area contributed by atoms with Crippen LogP contribution in [0, 0.1) is 12.8 Å². The third-order valence-electron chi connectivity index (χ3n) is 5.00. The quantitative estimate of drug-likeness (QED) is 0.760. The zero-order valence-corrected chi connectivity index (χ0v) is 16.7. The molecule has 0 aliphatic carbocycles. The predicted octanol–water partition coefficient (Wildman–Crippen LogP) is 4.30. The van der Waals surface area contributed by atoms with E-state index in [0.717, 1.165) is 24.8 Å². The van der Waals surface area contributed by atoms with Crippen LogP contribution in [0.25, 0.3) is 0 Å². The maximum absolute atomic E-state index is 13.1. The molecule has 3 rings (SSSR count). The Labute approximate surface area is 160 Å². The molecular formula is C20H24ClNO3S. The van der Waals surface area contributed by atoms with Gasteiger partial charge in [0.05, 0.1) is 7.11 Å². The Morgan fingerprint density at radius 1 is 1.15 bits per heavy atom.